The Kier molecular flexibility index (Phi) is 14.6. The van der Waals surface area contributed by atoms with Gasteiger partial charge in [0.2, 0.25) is 0 Å². The Morgan fingerprint density at radius 1 is 1.13 bits per heavy atom. The van der Waals surface area contributed by atoms with Crippen molar-refractivity contribution in [2.45, 2.75) is 51.6 Å². The fraction of sp³-hybridized carbons (Fsp3) is 0.643. The van der Waals surface area contributed by atoms with E-state index in [2.05, 4.69) is 4.74 Å². The molecule has 1 aliphatic carbocycles. The summed E-state index contributed by atoms with van der Waals surface area (Å²) in [7, 11) is 0. The molecule has 1 fully saturated rings. The molecule has 0 bridgehead atoms. The van der Waals surface area contributed by atoms with Crippen LogP contribution in [0.3, 0.4) is 0 Å². The summed E-state index contributed by atoms with van der Waals surface area (Å²) in [5.41, 5.74) is 11.3. The molecular weight excluding hydrogens is 487 g/mol. The number of ketones is 2. The van der Waals surface area contributed by atoms with Crippen LogP contribution in [0.2, 0.25) is 0 Å². The minimum absolute atomic E-state index is 0. The first-order valence-electron chi connectivity index (χ1n) is 6.78. The van der Waals surface area contributed by atoms with Gasteiger partial charge in [-0.25, -0.2) is 0 Å². The second kappa shape index (κ2) is 12.5. The SMILES string of the molecule is CC(=O)C1C(=O)C=C(C)OC1=O.N[C@@H]1CCCC[C@H]1N.O.O.[Pt]. The first kappa shape index (κ1) is 26.9. The summed E-state index contributed by atoms with van der Waals surface area (Å²) in [6, 6.07) is 0.562. The first-order chi connectivity index (χ1) is 9.32. The number of rotatable bonds is 1. The van der Waals surface area contributed by atoms with Gasteiger partial charge in [0, 0.05) is 39.2 Å². The third-order valence-electron chi connectivity index (χ3n) is 3.41. The number of ether oxygens (including phenoxy) is 1. The van der Waals surface area contributed by atoms with E-state index < -0.39 is 23.5 Å². The van der Waals surface area contributed by atoms with Crippen LogP contribution >= 0.6 is 0 Å². The number of Topliss-reactive ketones (excluding diaryl/α,β-unsaturated/α-hetero) is 1. The number of hydrogen-bond donors (Lipinski definition) is 2. The summed E-state index contributed by atoms with van der Waals surface area (Å²) >= 11 is 0. The largest absolute Gasteiger partial charge is 0.430 e. The number of allylic oxidation sites excluding steroid dienone is 2. The van der Waals surface area contributed by atoms with Crippen LogP contribution in [0, 0.1) is 5.92 Å². The average Bonchev–Trinajstić information content (AvgIpc) is 2.32. The van der Waals surface area contributed by atoms with Gasteiger partial charge < -0.3 is 27.2 Å². The first-order valence-corrected chi connectivity index (χ1v) is 6.78. The van der Waals surface area contributed by atoms with Crippen LogP contribution < -0.4 is 11.5 Å². The van der Waals surface area contributed by atoms with Crippen LogP contribution in [0.15, 0.2) is 11.8 Å². The minimum Gasteiger partial charge on any atom is -0.430 e. The summed E-state index contributed by atoms with van der Waals surface area (Å²) < 4.78 is 4.61. The van der Waals surface area contributed by atoms with Crippen LogP contribution in [-0.4, -0.2) is 40.6 Å². The van der Waals surface area contributed by atoms with E-state index in [1.54, 1.807) is 0 Å². The van der Waals surface area contributed by atoms with Crippen molar-refractivity contribution in [2.24, 2.45) is 17.4 Å². The molecule has 1 saturated carbocycles. The average molecular weight is 513 g/mol. The second-order valence-electron chi connectivity index (χ2n) is 5.23. The Balaban J connectivity index is -0.000000325. The van der Waals surface area contributed by atoms with Crippen LogP contribution in [-0.2, 0) is 40.2 Å². The third-order valence-corrected chi connectivity index (χ3v) is 3.41. The predicted molar refractivity (Wildman–Crippen MR) is 80.7 cm³/mol. The van der Waals surface area contributed by atoms with Gasteiger partial charge >= 0.3 is 5.97 Å². The van der Waals surface area contributed by atoms with Crippen molar-refractivity contribution in [2.75, 3.05) is 0 Å². The Morgan fingerprint density at radius 2 is 1.57 bits per heavy atom. The van der Waals surface area contributed by atoms with Gasteiger partial charge in [-0.05, 0) is 26.7 Å². The molecule has 0 spiro atoms. The quantitative estimate of drug-likeness (QED) is 0.328. The molecule has 0 aromatic carbocycles. The van der Waals surface area contributed by atoms with E-state index in [0.29, 0.717) is 0 Å². The molecule has 1 heterocycles. The summed E-state index contributed by atoms with van der Waals surface area (Å²) in [5, 5.41) is 0. The van der Waals surface area contributed by atoms with E-state index in [9.17, 15) is 14.4 Å². The fourth-order valence-electron chi connectivity index (χ4n) is 2.20. The van der Waals surface area contributed by atoms with Gasteiger partial charge in [0.1, 0.15) is 5.76 Å². The van der Waals surface area contributed by atoms with Crippen molar-refractivity contribution in [1.29, 1.82) is 0 Å². The van der Waals surface area contributed by atoms with Gasteiger partial charge in [0.25, 0.3) is 0 Å². The molecule has 0 amide bonds. The number of nitrogens with two attached hydrogens (primary N) is 2. The van der Waals surface area contributed by atoms with Crippen molar-refractivity contribution >= 4 is 17.5 Å². The van der Waals surface area contributed by atoms with Crippen molar-refractivity contribution in [1.82, 2.24) is 0 Å². The Labute approximate surface area is 149 Å². The summed E-state index contributed by atoms with van der Waals surface area (Å²) in [6.07, 6.45) is 5.96. The fourth-order valence-corrected chi connectivity index (χ4v) is 2.20. The van der Waals surface area contributed by atoms with Crippen LogP contribution in [0.4, 0.5) is 0 Å². The Hall–Kier alpha value is -0.922. The molecule has 2 aliphatic rings. The maximum Gasteiger partial charge on any atom is 0.329 e. The van der Waals surface area contributed by atoms with E-state index >= 15 is 0 Å². The van der Waals surface area contributed by atoms with Gasteiger partial charge in [0.15, 0.2) is 17.5 Å². The van der Waals surface area contributed by atoms with E-state index in [1.807, 2.05) is 0 Å². The van der Waals surface area contributed by atoms with Crippen molar-refractivity contribution in [3.63, 3.8) is 0 Å². The summed E-state index contributed by atoms with van der Waals surface area (Å²) in [4.78, 5) is 32.8. The molecule has 1 aliphatic heterocycles. The summed E-state index contributed by atoms with van der Waals surface area (Å²) in [6.45, 7) is 2.68. The monoisotopic (exact) mass is 513 g/mol. The number of carbonyl (C=O) groups excluding carboxylic acids is 3. The van der Waals surface area contributed by atoms with Crippen LogP contribution in [0.1, 0.15) is 39.5 Å². The molecule has 0 aromatic rings. The van der Waals surface area contributed by atoms with Gasteiger partial charge in [-0.15, -0.1) is 0 Å². The molecule has 0 aromatic heterocycles. The molecule has 9 heteroatoms. The van der Waals surface area contributed by atoms with Gasteiger partial charge in [-0.3, -0.25) is 14.4 Å². The Bertz CT molecular complexity index is 431. The van der Waals surface area contributed by atoms with E-state index in [1.165, 1.54) is 26.7 Å². The van der Waals surface area contributed by atoms with E-state index in [-0.39, 0.29) is 49.9 Å². The van der Waals surface area contributed by atoms with E-state index in [0.717, 1.165) is 18.9 Å². The van der Waals surface area contributed by atoms with Crippen LogP contribution in [0.25, 0.3) is 0 Å². The van der Waals surface area contributed by atoms with Gasteiger partial charge in [-0.2, -0.15) is 0 Å². The van der Waals surface area contributed by atoms with Crippen molar-refractivity contribution < 1.29 is 51.1 Å². The number of hydrogen-bond acceptors (Lipinski definition) is 6. The number of cyclic esters (lactones) is 1. The zero-order valence-electron chi connectivity index (χ0n) is 13.2. The van der Waals surface area contributed by atoms with E-state index in [4.69, 9.17) is 11.5 Å². The van der Waals surface area contributed by atoms with Gasteiger partial charge in [0.05, 0.1) is 0 Å². The molecule has 8 N–H and O–H groups in total. The third kappa shape index (κ3) is 8.48. The maximum atomic E-state index is 11.1. The molecule has 0 saturated heterocycles. The van der Waals surface area contributed by atoms with Gasteiger partial charge in [-0.1, -0.05) is 12.8 Å². The second-order valence-corrected chi connectivity index (χ2v) is 5.23. The topological polar surface area (TPSA) is 175 Å². The molecule has 8 nitrogen and oxygen atoms in total. The molecule has 1 unspecified atom stereocenters. The van der Waals surface area contributed by atoms with Crippen LogP contribution in [0.5, 0.6) is 0 Å². The minimum atomic E-state index is -1.24. The molecule has 2 rings (SSSR count). The zero-order chi connectivity index (χ0) is 15.3. The number of carbonyl (C=O) groups is 3. The Morgan fingerprint density at radius 3 is 1.87 bits per heavy atom. The standard InChI is InChI=1S/C8H8O4.C6H14N2.2H2O.Pt/c1-4-3-6(10)7(5(2)9)8(11)12-4;7-5-3-1-2-4-6(5)8;;;/h3,7H,1-2H3;5-6H,1-4,7-8H2;2*1H2;/t;5-,6-;;;/m.1.../s1. The van der Waals surface area contributed by atoms with Crippen molar-refractivity contribution in [3.05, 3.63) is 11.8 Å². The summed E-state index contributed by atoms with van der Waals surface area (Å²) in [5.74, 6) is -2.74. The smallest absolute Gasteiger partial charge is 0.329 e. The zero-order valence-corrected chi connectivity index (χ0v) is 15.5. The number of esters is 1. The maximum absolute atomic E-state index is 11.1. The molecule has 138 valence electrons. The normalized spacial score (nSPS) is 25.9. The molecular formula is C14H26N2O6Pt. The van der Waals surface area contributed by atoms with Crippen molar-refractivity contribution in [3.8, 4) is 0 Å². The predicted octanol–water partition coefficient (Wildman–Crippen LogP) is -1.22. The molecule has 0 radical (unpaired) electrons. The molecule has 3 atom stereocenters. The molecule has 23 heavy (non-hydrogen) atoms.